The van der Waals surface area contributed by atoms with Gasteiger partial charge in [0.25, 0.3) is 0 Å². The van der Waals surface area contributed by atoms with Gasteiger partial charge >= 0.3 is 0 Å². The summed E-state index contributed by atoms with van der Waals surface area (Å²) in [6.07, 6.45) is 0. The molecule has 0 N–H and O–H groups in total. The first-order valence-electron chi connectivity index (χ1n) is 16.1. The van der Waals surface area contributed by atoms with Crippen molar-refractivity contribution in [3.8, 4) is 39.5 Å². The maximum absolute atomic E-state index is 6.42. The first-order chi connectivity index (χ1) is 23.1. The van der Waals surface area contributed by atoms with E-state index in [-0.39, 0.29) is 5.41 Å². The molecule has 1 aliphatic carbocycles. The maximum Gasteiger partial charge on any atom is 0.160 e. The van der Waals surface area contributed by atoms with Crippen LogP contribution in [-0.2, 0) is 5.41 Å². The Morgan fingerprint density at radius 1 is 0.574 bits per heavy atom. The van der Waals surface area contributed by atoms with Crippen molar-refractivity contribution in [2.24, 2.45) is 0 Å². The minimum Gasteiger partial charge on any atom is -0.456 e. The lowest BCUT2D eigenvalue weighted by molar-refractivity contribution is 0.636. The summed E-state index contributed by atoms with van der Waals surface area (Å²) in [6.45, 7) is 4.56. The Balaban J connectivity index is 1.37. The number of furan rings is 1. The second-order valence-corrected chi connectivity index (χ2v) is 13.0. The van der Waals surface area contributed by atoms with Crippen LogP contribution in [0.5, 0.6) is 0 Å². The fourth-order valence-electron chi connectivity index (χ4n) is 7.84. The summed E-state index contributed by atoms with van der Waals surface area (Å²) in [5.74, 6) is 0.737. The highest BCUT2D eigenvalue weighted by Crippen LogP contribution is 2.52. The van der Waals surface area contributed by atoms with Crippen LogP contribution in [0.3, 0.4) is 0 Å². The first-order valence-corrected chi connectivity index (χ1v) is 16.1. The van der Waals surface area contributed by atoms with Crippen molar-refractivity contribution in [1.29, 1.82) is 0 Å². The number of aromatic nitrogens is 3. The Morgan fingerprint density at radius 3 is 2.15 bits per heavy atom. The van der Waals surface area contributed by atoms with Gasteiger partial charge in [-0.05, 0) is 41.5 Å². The lowest BCUT2D eigenvalue weighted by Gasteiger charge is -2.21. The largest absolute Gasteiger partial charge is 0.456 e. The van der Waals surface area contributed by atoms with Crippen molar-refractivity contribution < 1.29 is 4.42 Å². The van der Waals surface area contributed by atoms with E-state index in [0.29, 0.717) is 0 Å². The third-order valence-corrected chi connectivity index (χ3v) is 9.98. The molecular weight excluding hydrogens is 574 g/mol. The lowest BCUT2D eigenvalue weighted by atomic mass is 9.85. The van der Waals surface area contributed by atoms with Gasteiger partial charge in [0.15, 0.2) is 5.82 Å². The van der Waals surface area contributed by atoms with Gasteiger partial charge in [0.2, 0.25) is 0 Å². The molecule has 47 heavy (non-hydrogen) atoms. The molecule has 0 spiro atoms. The number of hydrogen-bond donors (Lipinski definition) is 0. The van der Waals surface area contributed by atoms with E-state index in [2.05, 4.69) is 146 Å². The van der Waals surface area contributed by atoms with E-state index >= 15 is 0 Å². The predicted molar refractivity (Wildman–Crippen MR) is 192 cm³/mol. The lowest BCUT2D eigenvalue weighted by Crippen LogP contribution is -2.17. The Morgan fingerprint density at radius 2 is 1.28 bits per heavy atom. The summed E-state index contributed by atoms with van der Waals surface area (Å²) in [4.78, 5) is 10.7. The summed E-state index contributed by atoms with van der Waals surface area (Å²) in [5.41, 5.74) is 12.5. The molecule has 9 aromatic rings. The molecule has 0 bridgehead atoms. The molecule has 1 aliphatic rings. The zero-order valence-corrected chi connectivity index (χ0v) is 26.0. The van der Waals surface area contributed by atoms with E-state index in [1.54, 1.807) is 0 Å². The van der Waals surface area contributed by atoms with E-state index in [4.69, 9.17) is 14.4 Å². The normalized spacial score (nSPS) is 13.5. The Labute approximate surface area is 271 Å². The molecule has 0 aliphatic heterocycles. The fourth-order valence-corrected chi connectivity index (χ4v) is 7.84. The molecule has 0 atom stereocenters. The number of benzene rings is 6. The second-order valence-electron chi connectivity index (χ2n) is 13.0. The van der Waals surface area contributed by atoms with E-state index in [1.807, 2.05) is 12.1 Å². The first kappa shape index (κ1) is 26.2. The van der Waals surface area contributed by atoms with Gasteiger partial charge < -0.3 is 8.98 Å². The molecule has 10 rings (SSSR count). The zero-order chi connectivity index (χ0) is 31.3. The average Bonchev–Trinajstić information content (AvgIpc) is 3.74. The molecule has 4 heteroatoms. The molecule has 6 aromatic carbocycles. The van der Waals surface area contributed by atoms with Crippen molar-refractivity contribution in [3.05, 3.63) is 151 Å². The van der Waals surface area contributed by atoms with Crippen molar-refractivity contribution >= 4 is 43.7 Å². The summed E-state index contributed by atoms with van der Waals surface area (Å²) < 4.78 is 8.84. The van der Waals surface area contributed by atoms with Crippen molar-refractivity contribution in [2.75, 3.05) is 0 Å². The highest BCUT2D eigenvalue weighted by atomic mass is 16.3. The topological polar surface area (TPSA) is 43.9 Å². The molecular formula is C43H29N3O. The Bertz CT molecular complexity index is 2710. The molecule has 4 nitrogen and oxygen atoms in total. The fraction of sp³-hybridized carbons (Fsp3) is 0.0698. The zero-order valence-electron chi connectivity index (χ0n) is 26.0. The Hall–Kier alpha value is -6.00. The van der Waals surface area contributed by atoms with Gasteiger partial charge in [-0.15, -0.1) is 0 Å². The monoisotopic (exact) mass is 603 g/mol. The van der Waals surface area contributed by atoms with E-state index in [0.717, 1.165) is 72.6 Å². The maximum atomic E-state index is 6.42. The highest BCUT2D eigenvalue weighted by molar-refractivity contribution is 6.24. The van der Waals surface area contributed by atoms with Gasteiger partial charge in [-0.3, -0.25) is 0 Å². The molecule has 0 radical (unpaired) electrons. The van der Waals surface area contributed by atoms with Crippen molar-refractivity contribution in [3.63, 3.8) is 0 Å². The van der Waals surface area contributed by atoms with Crippen LogP contribution in [0, 0.1) is 0 Å². The number of hydrogen-bond acceptors (Lipinski definition) is 3. The van der Waals surface area contributed by atoms with Crippen LogP contribution in [0.15, 0.2) is 144 Å². The molecule has 0 fully saturated rings. The van der Waals surface area contributed by atoms with Crippen LogP contribution in [-0.4, -0.2) is 14.5 Å². The standard InChI is InChI=1S/C43H29N3O/c1-43(2)32-20-10-6-17-29(32)38-39(44-42(45-41(38)43)26-14-4-3-5-15-26)30-18-8-12-22-34(30)46-33-21-11-7-16-27(33)28-24-25-36-37(40(28)46)31-19-9-13-23-35(31)47-36/h3-25H,1-2H3. The van der Waals surface area contributed by atoms with Gasteiger partial charge in [0, 0.05) is 38.3 Å². The highest BCUT2D eigenvalue weighted by Gasteiger charge is 2.40. The van der Waals surface area contributed by atoms with Gasteiger partial charge in [-0.1, -0.05) is 123 Å². The van der Waals surface area contributed by atoms with E-state index in [1.165, 1.54) is 21.9 Å². The number of nitrogens with zero attached hydrogens (tertiary/aromatic N) is 3. The van der Waals surface area contributed by atoms with E-state index < -0.39 is 0 Å². The average molecular weight is 604 g/mol. The van der Waals surface area contributed by atoms with Crippen LogP contribution in [0.2, 0.25) is 0 Å². The third kappa shape index (κ3) is 3.58. The summed E-state index contributed by atoms with van der Waals surface area (Å²) in [6, 6.07) is 49.1. The number of para-hydroxylation sites is 3. The van der Waals surface area contributed by atoms with E-state index in [9.17, 15) is 0 Å². The van der Waals surface area contributed by atoms with Crippen LogP contribution in [0.25, 0.3) is 83.2 Å². The van der Waals surface area contributed by atoms with Crippen LogP contribution < -0.4 is 0 Å². The molecule has 0 unspecified atom stereocenters. The SMILES string of the molecule is CC1(C)c2ccccc2-c2c(-c3ccccc3-n3c4ccccc4c4ccc5oc6ccccc6c5c43)nc(-c3ccccc3)nc21. The van der Waals surface area contributed by atoms with Gasteiger partial charge in [-0.2, -0.15) is 0 Å². The van der Waals surface area contributed by atoms with Gasteiger partial charge in [0.1, 0.15) is 11.2 Å². The van der Waals surface area contributed by atoms with Crippen molar-refractivity contribution in [1.82, 2.24) is 14.5 Å². The van der Waals surface area contributed by atoms with Crippen LogP contribution >= 0.6 is 0 Å². The van der Waals surface area contributed by atoms with Crippen LogP contribution in [0.1, 0.15) is 25.1 Å². The molecule has 3 heterocycles. The summed E-state index contributed by atoms with van der Waals surface area (Å²) in [5, 5.41) is 4.63. The molecule has 0 amide bonds. The minimum atomic E-state index is -0.281. The minimum absolute atomic E-state index is 0.281. The van der Waals surface area contributed by atoms with Gasteiger partial charge in [-0.25, -0.2) is 9.97 Å². The predicted octanol–water partition coefficient (Wildman–Crippen LogP) is 11.1. The number of fused-ring (bicyclic) bond motifs is 10. The second kappa shape index (κ2) is 9.51. The third-order valence-electron chi connectivity index (χ3n) is 9.98. The molecule has 222 valence electrons. The summed E-state index contributed by atoms with van der Waals surface area (Å²) in [7, 11) is 0. The molecule has 3 aromatic heterocycles. The van der Waals surface area contributed by atoms with Gasteiger partial charge in [0.05, 0.1) is 33.5 Å². The quantitative estimate of drug-likeness (QED) is 0.202. The van der Waals surface area contributed by atoms with Crippen LogP contribution in [0.4, 0.5) is 0 Å². The van der Waals surface area contributed by atoms with Crippen molar-refractivity contribution in [2.45, 2.75) is 19.3 Å². The smallest absolute Gasteiger partial charge is 0.160 e. The molecule has 0 saturated carbocycles. The summed E-state index contributed by atoms with van der Waals surface area (Å²) >= 11 is 0. The molecule has 0 saturated heterocycles. The number of rotatable bonds is 3. The Kier molecular flexibility index (Phi) is 5.31.